The lowest BCUT2D eigenvalue weighted by molar-refractivity contribution is -0.117. The van der Waals surface area contributed by atoms with Crippen molar-refractivity contribution in [1.82, 2.24) is 5.32 Å². The molecule has 0 saturated carbocycles. The molecule has 1 saturated heterocycles. The fourth-order valence-corrected chi connectivity index (χ4v) is 1.86. The lowest BCUT2D eigenvalue weighted by Crippen LogP contribution is -2.43. The Morgan fingerprint density at radius 3 is 2.94 bits per heavy atom. The molecular weight excluding hydrogens is 224 g/mol. The zero-order chi connectivity index (χ0) is 11.5. The molecule has 3 nitrogen and oxygen atoms in total. The third-order valence-corrected chi connectivity index (χ3v) is 3.05. The second-order valence-electron chi connectivity index (χ2n) is 4.24. The van der Waals surface area contributed by atoms with Crippen LogP contribution in [-0.2, 0) is 4.79 Å². The standard InChI is InChI=1S/C12H15ClN2O/c1-8-2-3-10(13)5-11(8)15-12(16)4-9-6-14-7-9/h2-3,5,9,14H,4,6-7H2,1H3,(H,15,16). The Morgan fingerprint density at radius 2 is 2.31 bits per heavy atom. The smallest absolute Gasteiger partial charge is 0.224 e. The zero-order valence-electron chi connectivity index (χ0n) is 9.22. The minimum absolute atomic E-state index is 0.0665. The number of benzene rings is 1. The summed E-state index contributed by atoms with van der Waals surface area (Å²) in [5.41, 5.74) is 1.84. The van der Waals surface area contributed by atoms with Gasteiger partial charge in [0.05, 0.1) is 0 Å². The minimum Gasteiger partial charge on any atom is -0.326 e. The quantitative estimate of drug-likeness (QED) is 0.848. The highest BCUT2D eigenvalue weighted by molar-refractivity contribution is 6.31. The highest BCUT2D eigenvalue weighted by Gasteiger charge is 2.20. The average Bonchev–Trinajstić information content (AvgIpc) is 2.18. The van der Waals surface area contributed by atoms with E-state index in [9.17, 15) is 4.79 Å². The monoisotopic (exact) mass is 238 g/mol. The van der Waals surface area contributed by atoms with Crippen LogP contribution in [0, 0.1) is 12.8 Å². The topological polar surface area (TPSA) is 41.1 Å². The lowest BCUT2D eigenvalue weighted by Gasteiger charge is -2.26. The molecule has 1 aliphatic heterocycles. The molecule has 1 amide bonds. The summed E-state index contributed by atoms with van der Waals surface area (Å²) in [5.74, 6) is 0.552. The van der Waals surface area contributed by atoms with Crippen molar-refractivity contribution in [2.75, 3.05) is 18.4 Å². The number of amides is 1. The van der Waals surface area contributed by atoms with E-state index < -0.39 is 0 Å². The van der Waals surface area contributed by atoms with Gasteiger partial charge in [-0.05, 0) is 43.6 Å². The Hall–Kier alpha value is -1.06. The van der Waals surface area contributed by atoms with Crippen LogP contribution in [0.4, 0.5) is 5.69 Å². The molecule has 0 spiro atoms. The van der Waals surface area contributed by atoms with Gasteiger partial charge in [-0.2, -0.15) is 0 Å². The Labute approximate surface area is 100 Å². The van der Waals surface area contributed by atoms with E-state index in [-0.39, 0.29) is 5.91 Å². The van der Waals surface area contributed by atoms with Crippen molar-refractivity contribution in [2.24, 2.45) is 5.92 Å². The molecule has 0 bridgehead atoms. The van der Waals surface area contributed by atoms with Gasteiger partial charge in [-0.25, -0.2) is 0 Å². The maximum absolute atomic E-state index is 11.7. The zero-order valence-corrected chi connectivity index (χ0v) is 9.97. The van der Waals surface area contributed by atoms with Crippen LogP contribution in [0.25, 0.3) is 0 Å². The van der Waals surface area contributed by atoms with Gasteiger partial charge in [-0.15, -0.1) is 0 Å². The van der Waals surface area contributed by atoms with Crippen molar-refractivity contribution in [1.29, 1.82) is 0 Å². The summed E-state index contributed by atoms with van der Waals surface area (Å²) in [6, 6.07) is 5.51. The van der Waals surface area contributed by atoms with Gasteiger partial charge < -0.3 is 10.6 Å². The summed E-state index contributed by atoms with van der Waals surface area (Å²) in [4.78, 5) is 11.7. The average molecular weight is 239 g/mol. The number of hydrogen-bond donors (Lipinski definition) is 2. The highest BCUT2D eigenvalue weighted by atomic mass is 35.5. The molecule has 1 fully saturated rings. The highest BCUT2D eigenvalue weighted by Crippen LogP contribution is 2.21. The first-order valence-corrected chi connectivity index (χ1v) is 5.79. The van der Waals surface area contributed by atoms with Crippen molar-refractivity contribution in [3.05, 3.63) is 28.8 Å². The van der Waals surface area contributed by atoms with Crippen LogP contribution in [0.5, 0.6) is 0 Å². The fourth-order valence-electron chi connectivity index (χ4n) is 1.69. The van der Waals surface area contributed by atoms with E-state index in [1.807, 2.05) is 19.1 Å². The van der Waals surface area contributed by atoms with Crippen LogP contribution < -0.4 is 10.6 Å². The number of carbonyl (C=O) groups is 1. The van der Waals surface area contributed by atoms with E-state index in [0.29, 0.717) is 17.4 Å². The summed E-state index contributed by atoms with van der Waals surface area (Å²) in [6.07, 6.45) is 0.582. The first-order chi connectivity index (χ1) is 7.65. The van der Waals surface area contributed by atoms with Gasteiger partial charge in [-0.3, -0.25) is 4.79 Å². The van der Waals surface area contributed by atoms with Crippen LogP contribution >= 0.6 is 11.6 Å². The summed E-state index contributed by atoms with van der Waals surface area (Å²) in [6.45, 7) is 3.85. The fraction of sp³-hybridized carbons (Fsp3) is 0.417. The molecule has 0 unspecified atom stereocenters. The Bertz CT molecular complexity index is 402. The van der Waals surface area contributed by atoms with E-state index in [1.54, 1.807) is 6.07 Å². The SMILES string of the molecule is Cc1ccc(Cl)cc1NC(=O)CC1CNC1. The van der Waals surface area contributed by atoms with Gasteiger partial charge in [0.15, 0.2) is 0 Å². The van der Waals surface area contributed by atoms with Crippen LogP contribution in [0.1, 0.15) is 12.0 Å². The first kappa shape index (κ1) is 11.4. The first-order valence-electron chi connectivity index (χ1n) is 5.42. The van der Waals surface area contributed by atoms with E-state index >= 15 is 0 Å². The van der Waals surface area contributed by atoms with E-state index in [2.05, 4.69) is 10.6 Å². The van der Waals surface area contributed by atoms with Gasteiger partial charge in [0.2, 0.25) is 5.91 Å². The molecule has 4 heteroatoms. The Kier molecular flexibility index (Phi) is 3.46. The van der Waals surface area contributed by atoms with Crippen molar-refractivity contribution < 1.29 is 4.79 Å². The normalized spacial score (nSPS) is 15.6. The predicted molar refractivity (Wildman–Crippen MR) is 65.8 cm³/mol. The maximum atomic E-state index is 11.7. The van der Waals surface area contributed by atoms with E-state index in [0.717, 1.165) is 24.3 Å². The third kappa shape index (κ3) is 2.74. The summed E-state index contributed by atoms with van der Waals surface area (Å²) >= 11 is 5.88. The number of hydrogen-bond acceptors (Lipinski definition) is 2. The molecular formula is C12H15ClN2O. The number of halogens is 1. The predicted octanol–water partition coefficient (Wildman–Crippen LogP) is 2.20. The molecule has 2 N–H and O–H groups in total. The van der Waals surface area contributed by atoms with Crippen molar-refractivity contribution in [3.63, 3.8) is 0 Å². The number of rotatable bonds is 3. The van der Waals surface area contributed by atoms with Gasteiger partial charge in [0.25, 0.3) is 0 Å². The van der Waals surface area contributed by atoms with Crippen molar-refractivity contribution >= 4 is 23.2 Å². The van der Waals surface area contributed by atoms with Crippen molar-refractivity contribution in [2.45, 2.75) is 13.3 Å². The van der Waals surface area contributed by atoms with Gasteiger partial charge in [0.1, 0.15) is 0 Å². The Balaban J connectivity index is 1.96. The molecule has 1 aliphatic rings. The molecule has 0 aliphatic carbocycles. The van der Waals surface area contributed by atoms with E-state index in [1.165, 1.54) is 0 Å². The maximum Gasteiger partial charge on any atom is 0.224 e. The van der Waals surface area contributed by atoms with Crippen LogP contribution in [0.15, 0.2) is 18.2 Å². The Morgan fingerprint density at radius 1 is 1.56 bits per heavy atom. The number of nitrogens with one attached hydrogen (secondary N) is 2. The molecule has 1 heterocycles. The lowest BCUT2D eigenvalue weighted by atomic mass is 9.99. The second-order valence-corrected chi connectivity index (χ2v) is 4.67. The van der Waals surface area contributed by atoms with Gasteiger partial charge in [-0.1, -0.05) is 17.7 Å². The van der Waals surface area contributed by atoms with Gasteiger partial charge in [0, 0.05) is 17.1 Å². The molecule has 0 aromatic heterocycles. The largest absolute Gasteiger partial charge is 0.326 e. The molecule has 86 valence electrons. The van der Waals surface area contributed by atoms with Crippen LogP contribution in [0.2, 0.25) is 5.02 Å². The third-order valence-electron chi connectivity index (χ3n) is 2.81. The molecule has 0 radical (unpaired) electrons. The number of carbonyl (C=O) groups excluding carboxylic acids is 1. The summed E-state index contributed by atoms with van der Waals surface area (Å²) in [5, 5.41) is 6.69. The molecule has 16 heavy (non-hydrogen) atoms. The second kappa shape index (κ2) is 4.85. The molecule has 1 aromatic carbocycles. The summed E-state index contributed by atoms with van der Waals surface area (Å²) < 4.78 is 0. The number of aryl methyl sites for hydroxylation is 1. The summed E-state index contributed by atoms with van der Waals surface area (Å²) in [7, 11) is 0. The van der Waals surface area contributed by atoms with E-state index in [4.69, 9.17) is 11.6 Å². The van der Waals surface area contributed by atoms with Crippen LogP contribution in [-0.4, -0.2) is 19.0 Å². The molecule has 2 rings (SSSR count). The minimum atomic E-state index is 0.0665. The van der Waals surface area contributed by atoms with Gasteiger partial charge >= 0.3 is 0 Å². The number of anilines is 1. The molecule has 1 aromatic rings. The molecule has 0 atom stereocenters. The van der Waals surface area contributed by atoms with Crippen LogP contribution in [0.3, 0.4) is 0 Å². The van der Waals surface area contributed by atoms with Crippen molar-refractivity contribution in [3.8, 4) is 0 Å².